The van der Waals surface area contributed by atoms with Gasteiger partial charge in [-0.15, -0.1) is 11.3 Å². The maximum Gasteiger partial charge on any atom is 0.220 e. The predicted octanol–water partition coefficient (Wildman–Crippen LogP) is 3.97. The molecule has 1 aliphatic carbocycles. The molecule has 142 valence electrons. The third-order valence-corrected chi connectivity index (χ3v) is 7.03. The number of thiophene rings is 1. The number of aryl methyl sites for hydroxylation is 2. The minimum atomic E-state index is -0.433. The Bertz CT molecular complexity index is 737. The Hall–Kier alpha value is -1.66. The van der Waals surface area contributed by atoms with Gasteiger partial charge in [0.15, 0.2) is 0 Å². The SMILES string of the molecule is Cc1noc(C)c1CCC(=O)NCC1(c2ccc([C@H](C)O)s2)CCCC1. The molecule has 1 amide bonds. The molecule has 1 saturated carbocycles. The summed E-state index contributed by atoms with van der Waals surface area (Å²) in [4.78, 5) is 14.7. The summed E-state index contributed by atoms with van der Waals surface area (Å²) < 4.78 is 5.16. The predicted molar refractivity (Wildman–Crippen MR) is 102 cm³/mol. The first kappa shape index (κ1) is 19.1. The van der Waals surface area contributed by atoms with Gasteiger partial charge in [0.2, 0.25) is 5.91 Å². The van der Waals surface area contributed by atoms with Crippen molar-refractivity contribution in [3.63, 3.8) is 0 Å². The van der Waals surface area contributed by atoms with Gasteiger partial charge in [-0.05, 0) is 52.2 Å². The number of nitrogens with zero attached hydrogens (tertiary/aromatic N) is 1. The maximum absolute atomic E-state index is 12.4. The van der Waals surface area contributed by atoms with Gasteiger partial charge >= 0.3 is 0 Å². The number of carbonyl (C=O) groups is 1. The molecular formula is C20H28N2O3S. The van der Waals surface area contributed by atoms with Gasteiger partial charge in [0.25, 0.3) is 0 Å². The highest BCUT2D eigenvalue weighted by atomic mass is 32.1. The van der Waals surface area contributed by atoms with E-state index in [0.717, 1.165) is 34.7 Å². The Morgan fingerprint density at radius 3 is 2.69 bits per heavy atom. The number of hydrogen-bond acceptors (Lipinski definition) is 5. The van der Waals surface area contributed by atoms with E-state index in [1.54, 1.807) is 18.3 Å². The zero-order valence-corrected chi connectivity index (χ0v) is 16.6. The van der Waals surface area contributed by atoms with Crippen molar-refractivity contribution in [2.45, 2.75) is 70.8 Å². The molecule has 0 aromatic carbocycles. The Labute approximate surface area is 158 Å². The maximum atomic E-state index is 12.4. The number of aliphatic hydroxyl groups excluding tert-OH is 1. The first-order valence-electron chi connectivity index (χ1n) is 9.38. The van der Waals surface area contributed by atoms with Crippen LogP contribution in [-0.2, 0) is 16.6 Å². The van der Waals surface area contributed by atoms with Crippen LogP contribution in [0.15, 0.2) is 16.7 Å². The van der Waals surface area contributed by atoms with E-state index < -0.39 is 6.10 Å². The van der Waals surface area contributed by atoms with E-state index in [1.165, 1.54) is 17.7 Å². The van der Waals surface area contributed by atoms with Gasteiger partial charge in [-0.3, -0.25) is 4.79 Å². The second-order valence-corrected chi connectivity index (χ2v) is 8.56. The van der Waals surface area contributed by atoms with Crippen LogP contribution in [0.3, 0.4) is 0 Å². The Morgan fingerprint density at radius 1 is 1.38 bits per heavy atom. The molecule has 0 radical (unpaired) electrons. The highest BCUT2D eigenvalue weighted by Gasteiger charge is 2.37. The third kappa shape index (κ3) is 4.01. The lowest BCUT2D eigenvalue weighted by atomic mass is 9.84. The van der Waals surface area contributed by atoms with Crippen molar-refractivity contribution in [2.24, 2.45) is 0 Å². The Balaban J connectivity index is 1.60. The molecule has 1 atom stereocenters. The fourth-order valence-corrected chi connectivity index (χ4v) is 5.07. The monoisotopic (exact) mass is 376 g/mol. The molecule has 0 unspecified atom stereocenters. The molecule has 3 rings (SSSR count). The van der Waals surface area contributed by atoms with Crippen molar-refractivity contribution in [1.29, 1.82) is 0 Å². The molecule has 2 N–H and O–H groups in total. The lowest BCUT2D eigenvalue weighted by Gasteiger charge is -2.28. The average molecular weight is 377 g/mol. The second kappa shape index (κ2) is 7.92. The zero-order valence-electron chi connectivity index (χ0n) is 15.8. The fourth-order valence-electron chi connectivity index (χ4n) is 3.88. The zero-order chi connectivity index (χ0) is 18.7. The normalized spacial score (nSPS) is 17.4. The van der Waals surface area contributed by atoms with E-state index in [2.05, 4.69) is 16.5 Å². The summed E-state index contributed by atoms with van der Waals surface area (Å²) in [5.74, 6) is 0.871. The number of aliphatic hydroxyl groups is 1. The van der Waals surface area contributed by atoms with Gasteiger partial charge in [0.1, 0.15) is 5.76 Å². The van der Waals surface area contributed by atoms with Crippen LogP contribution in [0.1, 0.15) is 71.9 Å². The third-order valence-electron chi connectivity index (χ3n) is 5.53. The molecule has 5 nitrogen and oxygen atoms in total. The molecule has 2 aromatic rings. The minimum Gasteiger partial charge on any atom is -0.388 e. The summed E-state index contributed by atoms with van der Waals surface area (Å²) in [7, 11) is 0. The number of carbonyl (C=O) groups excluding carboxylic acids is 1. The molecule has 0 spiro atoms. The van der Waals surface area contributed by atoms with Gasteiger partial charge < -0.3 is 14.9 Å². The molecule has 1 fully saturated rings. The van der Waals surface area contributed by atoms with Crippen molar-refractivity contribution in [2.75, 3.05) is 6.54 Å². The van der Waals surface area contributed by atoms with E-state index in [1.807, 2.05) is 19.9 Å². The van der Waals surface area contributed by atoms with E-state index in [-0.39, 0.29) is 11.3 Å². The molecule has 0 bridgehead atoms. The number of hydrogen-bond donors (Lipinski definition) is 2. The highest BCUT2D eigenvalue weighted by Crippen LogP contribution is 2.44. The van der Waals surface area contributed by atoms with Gasteiger partial charge in [0.05, 0.1) is 11.8 Å². The molecule has 0 aliphatic heterocycles. The number of aromatic nitrogens is 1. The van der Waals surface area contributed by atoms with Crippen LogP contribution in [-0.4, -0.2) is 22.7 Å². The standard InChI is InChI=1S/C20H28N2O3S/c1-13-16(15(3)25-22-13)6-9-19(24)21-12-20(10-4-5-11-20)18-8-7-17(26-18)14(2)23/h7-8,14,23H,4-6,9-12H2,1-3H3,(H,21,24)/t14-/m0/s1. The van der Waals surface area contributed by atoms with Crippen molar-refractivity contribution < 1.29 is 14.4 Å². The smallest absolute Gasteiger partial charge is 0.220 e. The molecule has 2 aromatic heterocycles. The van der Waals surface area contributed by atoms with Gasteiger partial charge in [0, 0.05) is 33.7 Å². The van der Waals surface area contributed by atoms with Crippen LogP contribution in [0.25, 0.3) is 0 Å². The molecule has 26 heavy (non-hydrogen) atoms. The quantitative estimate of drug-likeness (QED) is 0.767. The first-order chi connectivity index (χ1) is 12.4. The lowest BCUT2D eigenvalue weighted by Crippen LogP contribution is -2.38. The van der Waals surface area contributed by atoms with Crippen molar-refractivity contribution in [3.05, 3.63) is 38.9 Å². The Morgan fingerprint density at radius 2 is 2.12 bits per heavy atom. The van der Waals surface area contributed by atoms with Crippen LogP contribution in [0, 0.1) is 13.8 Å². The average Bonchev–Trinajstić information content (AvgIpc) is 3.33. The first-order valence-corrected chi connectivity index (χ1v) is 10.2. The lowest BCUT2D eigenvalue weighted by molar-refractivity contribution is -0.121. The van der Waals surface area contributed by atoms with Crippen LogP contribution < -0.4 is 5.32 Å². The van der Waals surface area contributed by atoms with E-state index >= 15 is 0 Å². The van der Waals surface area contributed by atoms with Gasteiger partial charge in [-0.1, -0.05) is 18.0 Å². The number of amides is 1. The summed E-state index contributed by atoms with van der Waals surface area (Å²) in [6, 6.07) is 4.15. The fraction of sp³-hybridized carbons (Fsp3) is 0.600. The molecule has 1 aliphatic rings. The Kier molecular flexibility index (Phi) is 5.82. The summed E-state index contributed by atoms with van der Waals surface area (Å²) in [6.07, 6.45) is 5.24. The van der Waals surface area contributed by atoms with E-state index in [0.29, 0.717) is 19.4 Å². The largest absolute Gasteiger partial charge is 0.388 e. The van der Waals surface area contributed by atoms with Crippen LogP contribution in [0.4, 0.5) is 0 Å². The molecule has 6 heteroatoms. The van der Waals surface area contributed by atoms with Crippen LogP contribution in [0.2, 0.25) is 0 Å². The molecule has 2 heterocycles. The van der Waals surface area contributed by atoms with Crippen molar-refractivity contribution in [1.82, 2.24) is 10.5 Å². The van der Waals surface area contributed by atoms with Gasteiger partial charge in [-0.25, -0.2) is 0 Å². The minimum absolute atomic E-state index is 0.0243. The summed E-state index contributed by atoms with van der Waals surface area (Å²) in [5.41, 5.74) is 1.93. The van der Waals surface area contributed by atoms with E-state index in [4.69, 9.17) is 4.52 Å². The van der Waals surface area contributed by atoms with Crippen LogP contribution in [0.5, 0.6) is 0 Å². The summed E-state index contributed by atoms with van der Waals surface area (Å²) in [5, 5.41) is 16.9. The summed E-state index contributed by atoms with van der Waals surface area (Å²) >= 11 is 1.68. The van der Waals surface area contributed by atoms with E-state index in [9.17, 15) is 9.90 Å². The molecule has 0 saturated heterocycles. The molecular weight excluding hydrogens is 348 g/mol. The number of rotatable bonds is 7. The van der Waals surface area contributed by atoms with Crippen LogP contribution >= 0.6 is 11.3 Å². The second-order valence-electron chi connectivity index (χ2n) is 7.44. The number of nitrogens with one attached hydrogen (secondary N) is 1. The van der Waals surface area contributed by atoms with Crippen molar-refractivity contribution in [3.8, 4) is 0 Å². The topological polar surface area (TPSA) is 75.4 Å². The van der Waals surface area contributed by atoms with Gasteiger partial charge in [-0.2, -0.15) is 0 Å². The summed E-state index contributed by atoms with van der Waals surface area (Å²) in [6.45, 7) is 6.27. The highest BCUT2D eigenvalue weighted by molar-refractivity contribution is 7.12. The van der Waals surface area contributed by atoms with Crippen molar-refractivity contribution >= 4 is 17.2 Å².